The van der Waals surface area contributed by atoms with Gasteiger partial charge in [-0.25, -0.2) is 4.98 Å². The van der Waals surface area contributed by atoms with Crippen LogP contribution in [-0.4, -0.2) is 21.6 Å². The number of carbonyl (C=O) groups is 1. The third-order valence-corrected chi connectivity index (χ3v) is 3.16. The highest BCUT2D eigenvalue weighted by Gasteiger charge is 2.22. The smallest absolute Gasteiger partial charge is 0.168 e. The third-order valence-electron chi connectivity index (χ3n) is 2.20. The molecular formula is C9H12N2OS. The summed E-state index contributed by atoms with van der Waals surface area (Å²) in [5.74, 6) is 1.38. The minimum Gasteiger partial charge on any atom is -0.316 e. The summed E-state index contributed by atoms with van der Waals surface area (Å²) in [5, 5.41) is 1.01. The summed E-state index contributed by atoms with van der Waals surface area (Å²) in [4.78, 5) is 15.3. The standard InChI is InChI=1S/C9H12N2OS/c1-6(2)8-7(5-12)11-3-4-13-9(11)10-8/h5-6H,3-4H2,1-2H3. The zero-order chi connectivity index (χ0) is 9.42. The normalized spacial score (nSPS) is 15.0. The Kier molecular flexibility index (Phi) is 2.15. The van der Waals surface area contributed by atoms with Crippen molar-refractivity contribution in [3.63, 3.8) is 0 Å². The van der Waals surface area contributed by atoms with Gasteiger partial charge in [-0.15, -0.1) is 0 Å². The van der Waals surface area contributed by atoms with Gasteiger partial charge < -0.3 is 4.57 Å². The lowest BCUT2D eigenvalue weighted by atomic mass is 10.1. The van der Waals surface area contributed by atoms with Crippen LogP contribution < -0.4 is 0 Å². The Hall–Kier alpha value is -0.770. The molecule has 0 saturated carbocycles. The van der Waals surface area contributed by atoms with E-state index in [0.29, 0.717) is 5.92 Å². The van der Waals surface area contributed by atoms with Crippen molar-refractivity contribution in [2.24, 2.45) is 0 Å². The average molecular weight is 196 g/mol. The van der Waals surface area contributed by atoms with Gasteiger partial charge in [0, 0.05) is 12.3 Å². The summed E-state index contributed by atoms with van der Waals surface area (Å²) in [5.41, 5.74) is 1.72. The molecule has 4 heteroatoms. The molecule has 0 unspecified atom stereocenters. The molecule has 0 fully saturated rings. The van der Waals surface area contributed by atoms with Crippen molar-refractivity contribution >= 4 is 18.0 Å². The van der Waals surface area contributed by atoms with Gasteiger partial charge in [0.1, 0.15) is 5.69 Å². The minimum absolute atomic E-state index is 0.332. The Labute approximate surface area is 81.5 Å². The van der Waals surface area contributed by atoms with Crippen LogP contribution in [0.2, 0.25) is 0 Å². The third kappa shape index (κ3) is 1.29. The van der Waals surface area contributed by atoms with Crippen LogP contribution in [0, 0.1) is 0 Å². The van der Waals surface area contributed by atoms with E-state index < -0.39 is 0 Å². The van der Waals surface area contributed by atoms with Crippen LogP contribution >= 0.6 is 11.8 Å². The van der Waals surface area contributed by atoms with E-state index in [1.807, 2.05) is 4.57 Å². The van der Waals surface area contributed by atoms with Crippen LogP contribution in [0.4, 0.5) is 0 Å². The number of imidazole rings is 1. The van der Waals surface area contributed by atoms with Crippen molar-refractivity contribution in [2.45, 2.75) is 31.5 Å². The highest BCUT2D eigenvalue weighted by Crippen LogP contribution is 2.30. The molecule has 1 aromatic rings. The number of fused-ring (bicyclic) bond motifs is 1. The second-order valence-electron chi connectivity index (χ2n) is 3.44. The van der Waals surface area contributed by atoms with Gasteiger partial charge in [0.25, 0.3) is 0 Å². The number of hydrogen-bond donors (Lipinski definition) is 0. The van der Waals surface area contributed by atoms with Crippen LogP contribution in [0.25, 0.3) is 0 Å². The van der Waals surface area contributed by atoms with Gasteiger partial charge in [0.2, 0.25) is 0 Å². The predicted octanol–water partition coefficient (Wildman–Crippen LogP) is 1.92. The minimum atomic E-state index is 0.332. The zero-order valence-electron chi connectivity index (χ0n) is 7.78. The number of nitrogens with zero attached hydrogens (tertiary/aromatic N) is 2. The maximum absolute atomic E-state index is 10.9. The highest BCUT2D eigenvalue weighted by molar-refractivity contribution is 7.99. The van der Waals surface area contributed by atoms with E-state index in [1.165, 1.54) is 0 Å². The second kappa shape index (κ2) is 3.18. The number of aldehydes is 1. The molecule has 2 heterocycles. The Bertz CT molecular complexity index is 344. The van der Waals surface area contributed by atoms with Gasteiger partial charge in [0.15, 0.2) is 11.4 Å². The molecule has 1 aromatic heterocycles. The van der Waals surface area contributed by atoms with Gasteiger partial charge in [-0.2, -0.15) is 0 Å². The lowest BCUT2D eigenvalue weighted by molar-refractivity contribution is 0.111. The van der Waals surface area contributed by atoms with Crippen LogP contribution in [0.1, 0.15) is 35.9 Å². The molecule has 0 N–H and O–H groups in total. The van der Waals surface area contributed by atoms with Gasteiger partial charge in [0.05, 0.1) is 5.69 Å². The maximum Gasteiger partial charge on any atom is 0.168 e. The molecule has 2 rings (SSSR count). The van der Waals surface area contributed by atoms with E-state index in [-0.39, 0.29) is 0 Å². The van der Waals surface area contributed by atoms with Crippen molar-refractivity contribution in [3.8, 4) is 0 Å². The summed E-state index contributed by atoms with van der Waals surface area (Å²) >= 11 is 1.73. The lowest BCUT2D eigenvalue weighted by Gasteiger charge is -2.02. The molecule has 0 amide bonds. The van der Waals surface area contributed by atoms with Gasteiger partial charge >= 0.3 is 0 Å². The van der Waals surface area contributed by atoms with Crippen molar-refractivity contribution in [2.75, 3.05) is 5.75 Å². The van der Waals surface area contributed by atoms with Gasteiger partial charge in [-0.1, -0.05) is 25.6 Å². The fraction of sp³-hybridized carbons (Fsp3) is 0.556. The van der Waals surface area contributed by atoms with Crippen molar-refractivity contribution in [1.29, 1.82) is 0 Å². The first-order valence-corrected chi connectivity index (χ1v) is 5.41. The molecule has 1 aliphatic heterocycles. The van der Waals surface area contributed by atoms with E-state index in [2.05, 4.69) is 18.8 Å². The fourth-order valence-electron chi connectivity index (χ4n) is 1.57. The molecule has 0 bridgehead atoms. The molecule has 13 heavy (non-hydrogen) atoms. The first-order valence-electron chi connectivity index (χ1n) is 4.42. The molecule has 0 aromatic carbocycles. The van der Waals surface area contributed by atoms with E-state index in [1.54, 1.807) is 11.8 Å². The Morgan fingerprint density at radius 3 is 3.00 bits per heavy atom. The molecular weight excluding hydrogens is 184 g/mol. The number of carbonyl (C=O) groups excluding carboxylic acids is 1. The van der Waals surface area contributed by atoms with E-state index >= 15 is 0 Å². The van der Waals surface area contributed by atoms with Crippen LogP contribution in [0.15, 0.2) is 5.16 Å². The van der Waals surface area contributed by atoms with E-state index in [9.17, 15) is 4.79 Å². The molecule has 0 spiro atoms. The van der Waals surface area contributed by atoms with E-state index in [4.69, 9.17) is 0 Å². The van der Waals surface area contributed by atoms with Gasteiger partial charge in [-0.3, -0.25) is 4.79 Å². The molecule has 1 aliphatic rings. The van der Waals surface area contributed by atoms with Crippen molar-refractivity contribution in [3.05, 3.63) is 11.4 Å². The molecule has 0 aliphatic carbocycles. The SMILES string of the molecule is CC(C)c1nc2n(c1C=O)CCS2. The van der Waals surface area contributed by atoms with Crippen LogP contribution in [0.3, 0.4) is 0 Å². The first kappa shape index (κ1) is 8.81. The summed E-state index contributed by atoms with van der Waals surface area (Å²) < 4.78 is 2.02. The van der Waals surface area contributed by atoms with E-state index in [0.717, 1.165) is 35.1 Å². The molecule has 0 radical (unpaired) electrons. The van der Waals surface area contributed by atoms with Crippen LogP contribution in [0.5, 0.6) is 0 Å². The summed E-state index contributed by atoms with van der Waals surface area (Å²) in [7, 11) is 0. The predicted molar refractivity (Wildman–Crippen MR) is 52.4 cm³/mol. The number of thioether (sulfide) groups is 1. The summed E-state index contributed by atoms with van der Waals surface area (Å²) in [6.07, 6.45) is 0.928. The summed E-state index contributed by atoms with van der Waals surface area (Å²) in [6, 6.07) is 0. The monoisotopic (exact) mass is 196 g/mol. The topological polar surface area (TPSA) is 34.9 Å². The van der Waals surface area contributed by atoms with Gasteiger partial charge in [-0.05, 0) is 5.92 Å². The molecule has 3 nitrogen and oxygen atoms in total. The Morgan fingerprint density at radius 2 is 2.38 bits per heavy atom. The number of rotatable bonds is 2. The van der Waals surface area contributed by atoms with Crippen molar-refractivity contribution in [1.82, 2.24) is 9.55 Å². The lowest BCUT2D eigenvalue weighted by Crippen LogP contribution is -2.02. The number of aromatic nitrogens is 2. The highest BCUT2D eigenvalue weighted by atomic mass is 32.2. The number of hydrogen-bond acceptors (Lipinski definition) is 3. The molecule has 0 atom stereocenters. The first-order chi connectivity index (χ1) is 6.24. The second-order valence-corrected chi connectivity index (χ2v) is 4.50. The maximum atomic E-state index is 10.9. The largest absolute Gasteiger partial charge is 0.316 e. The average Bonchev–Trinajstić information content (AvgIpc) is 2.60. The summed E-state index contributed by atoms with van der Waals surface area (Å²) in [6.45, 7) is 5.05. The quantitative estimate of drug-likeness (QED) is 0.678. The van der Waals surface area contributed by atoms with Crippen molar-refractivity contribution < 1.29 is 4.79 Å². The zero-order valence-corrected chi connectivity index (χ0v) is 8.60. The van der Waals surface area contributed by atoms with Crippen LogP contribution in [-0.2, 0) is 6.54 Å². The molecule has 0 saturated heterocycles. The molecule has 70 valence electrons. The fourth-order valence-corrected chi connectivity index (χ4v) is 2.53. The Balaban J connectivity index is 2.53. The Morgan fingerprint density at radius 1 is 1.62 bits per heavy atom.